The van der Waals surface area contributed by atoms with Gasteiger partial charge in [-0.2, -0.15) is 0 Å². The van der Waals surface area contributed by atoms with Gasteiger partial charge in [0.25, 0.3) is 0 Å². The molecular weight excluding hydrogens is 309 g/mol. The van der Waals surface area contributed by atoms with E-state index in [4.69, 9.17) is 9.47 Å². The highest BCUT2D eigenvalue weighted by Gasteiger charge is 2.53. The molecule has 2 saturated heterocycles. The van der Waals surface area contributed by atoms with E-state index in [9.17, 15) is 4.39 Å². The summed E-state index contributed by atoms with van der Waals surface area (Å²) in [5.41, 5.74) is 1.04. The maximum Gasteiger partial charge on any atom is 0.250 e. The van der Waals surface area contributed by atoms with E-state index >= 15 is 0 Å². The van der Waals surface area contributed by atoms with Crippen LogP contribution in [0.25, 0.3) is 0 Å². The molecular formula is C18H20FN3O2. The van der Waals surface area contributed by atoms with Crippen LogP contribution in [0, 0.1) is 11.7 Å². The van der Waals surface area contributed by atoms with Gasteiger partial charge in [-0.15, -0.1) is 0 Å². The highest BCUT2D eigenvalue weighted by Crippen LogP contribution is 2.40. The van der Waals surface area contributed by atoms with Gasteiger partial charge in [-0.25, -0.2) is 9.37 Å². The second-order valence-electron chi connectivity index (χ2n) is 6.51. The molecule has 0 bridgehead atoms. The summed E-state index contributed by atoms with van der Waals surface area (Å²) in [4.78, 5) is 10.4. The average molecular weight is 329 g/mol. The standard InChI is InChI=1S/C18H20FN3O2/c19-16-4-2-7-21-17(16)23-11-15-5-8-24-18(15)12-22(13-18)10-14-3-1-6-20-9-14/h1-4,6-7,9,15H,5,8,10-13H2/t15-/m1/s1. The Morgan fingerprint density at radius 3 is 2.96 bits per heavy atom. The molecule has 1 spiro atoms. The van der Waals surface area contributed by atoms with Gasteiger partial charge in [0.2, 0.25) is 5.88 Å². The van der Waals surface area contributed by atoms with Crippen molar-refractivity contribution in [2.75, 3.05) is 26.3 Å². The lowest BCUT2D eigenvalue weighted by Crippen LogP contribution is -2.64. The van der Waals surface area contributed by atoms with Gasteiger partial charge in [-0.3, -0.25) is 9.88 Å². The Morgan fingerprint density at radius 2 is 2.17 bits per heavy atom. The summed E-state index contributed by atoms with van der Waals surface area (Å²) in [5.74, 6) is -0.0765. The fraction of sp³-hybridized carbons (Fsp3) is 0.444. The van der Waals surface area contributed by atoms with E-state index in [-0.39, 0.29) is 17.4 Å². The monoisotopic (exact) mass is 329 g/mol. The van der Waals surface area contributed by atoms with Crippen molar-refractivity contribution in [1.29, 1.82) is 0 Å². The molecule has 6 heteroatoms. The summed E-state index contributed by atoms with van der Waals surface area (Å²) in [7, 11) is 0. The number of aromatic nitrogens is 2. The van der Waals surface area contributed by atoms with Crippen molar-refractivity contribution in [3.05, 3.63) is 54.2 Å². The second-order valence-corrected chi connectivity index (χ2v) is 6.51. The van der Waals surface area contributed by atoms with Crippen LogP contribution in [-0.4, -0.2) is 46.8 Å². The van der Waals surface area contributed by atoms with Gasteiger partial charge < -0.3 is 9.47 Å². The Bertz CT molecular complexity index is 692. The van der Waals surface area contributed by atoms with Crippen LogP contribution < -0.4 is 4.74 Å². The van der Waals surface area contributed by atoms with Crippen LogP contribution in [-0.2, 0) is 11.3 Å². The van der Waals surface area contributed by atoms with Gasteiger partial charge in [-0.1, -0.05) is 6.07 Å². The first-order chi connectivity index (χ1) is 11.8. The molecule has 2 fully saturated rings. The topological polar surface area (TPSA) is 47.5 Å². The van der Waals surface area contributed by atoms with Crippen LogP contribution in [0.15, 0.2) is 42.9 Å². The van der Waals surface area contributed by atoms with Crippen LogP contribution in [0.1, 0.15) is 12.0 Å². The van der Waals surface area contributed by atoms with E-state index in [1.54, 1.807) is 12.3 Å². The zero-order chi connectivity index (χ0) is 16.4. The first-order valence-electron chi connectivity index (χ1n) is 8.24. The molecule has 2 aliphatic heterocycles. The molecule has 0 unspecified atom stereocenters. The van der Waals surface area contributed by atoms with Gasteiger partial charge in [0.05, 0.1) is 12.2 Å². The molecule has 4 heterocycles. The molecule has 0 aliphatic carbocycles. The molecule has 1 atom stereocenters. The number of halogens is 1. The average Bonchev–Trinajstić information content (AvgIpc) is 2.99. The Morgan fingerprint density at radius 1 is 1.29 bits per heavy atom. The molecule has 0 amide bonds. The maximum absolute atomic E-state index is 13.6. The van der Waals surface area contributed by atoms with Crippen LogP contribution in [0.5, 0.6) is 5.88 Å². The van der Waals surface area contributed by atoms with Crippen LogP contribution >= 0.6 is 0 Å². The highest BCUT2D eigenvalue weighted by atomic mass is 19.1. The first kappa shape index (κ1) is 15.5. The molecule has 126 valence electrons. The number of nitrogens with zero attached hydrogens (tertiary/aromatic N) is 3. The number of hydrogen-bond donors (Lipinski definition) is 0. The predicted molar refractivity (Wildman–Crippen MR) is 86.0 cm³/mol. The van der Waals surface area contributed by atoms with Crippen molar-refractivity contribution in [2.45, 2.75) is 18.6 Å². The third-order valence-corrected chi connectivity index (χ3v) is 4.86. The molecule has 0 saturated carbocycles. The Kier molecular flexibility index (Phi) is 4.16. The molecule has 0 radical (unpaired) electrons. The maximum atomic E-state index is 13.6. The summed E-state index contributed by atoms with van der Waals surface area (Å²) in [6, 6.07) is 6.96. The van der Waals surface area contributed by atoms with Crippen LogP contribution in [0.4, 0.5) is 4.39 Å². The van der Waals surface area contributed by atoms with Gasteiger partial charge in [0, 0.05) is 50.7 Å². The second kappa shape index (κ2) is 6.45. The summed E-state index contributed by atoms with van der Waals surface area (Å²) < 4.78 is 25.3. The molecule has 24 heavy (non-hydrogen) atoms. The first-order valence-corrected chi connectivity index (χ1v) is 8.24. The fourth-order valence-corrected chi connectivity index (χ4v) is 3.60. The Labute approximate surface area is 140 Å². The normalized spacial score (nSPS) is 22.5. The number of hydrogen-bond acceptors (Lipinski definition) is 5. The SMILES string of the molecule is Fc1cccnc1OC[C@H]1CCOC12CN(Cc1cccnc1)C2. The minimum absolute atomic E-state index is 0.0751. The molecule has 2 aromatic heterocycles. The van der Waals surface area contributed by atoms with E-state index < -0.39 is 5.82 Å². The van der Waals surface area contributed by atoms with Gasteiger partial charge in [-0.05, 0) is 30.2 Å². The zero-order valence-electron chi connectivity index (χ0n) is 13.4. The lowest BCUT2D eigenvalue weighted by molar-refractivity contribution is -0.140. The lowest BCUT2D eigenvalue weighted by atomic mass is 9.81. The predicted octanol–water partition coefficient (Wildman–Crippen LogP) is 2.29. The minimum atomic E-state index is -0.419. The van der Waals surface area contributed by atoms with Gasteiger partial charge in [0.15, 0.2) is 5.82 Å². The number of rotatable bonds is 5. The van der Waals surface area contributed by atoms with E-state index in [1.807, 2.05) is 12.3 Å². The zero-order valence-corrected chi connectivity index (χ0v) is 13.4. The molecule has 0 N–H and O–H groups in total. The van der Waals surface area contributed by atoms with E-state index in [0.717, 1.165) is 32.7 Å². The van der Waals surface area contributed by atoms with E-state index in [2.05, 4.69) is 20.9 Å². The number of pyridine rings is 2. The molecule has 2 aliphatic rings. The summed E-state index contributed by atoms with van der Waals surface area (Å²) >= 11 is 0. The summed E-state index contributed by atoms with van der Waals surface area (Å²) in [6.45, 7) is 3.80. The third kappa shape index (κ3) is 2.99. The smallest absolute Gasteiger partial charge is 0.250 e. The van der Waals surface area contributed by atoms with Gasteiger partial charge >= 0.3 is 0 Å². The Balaban J connectivity index is 1.34. The fourth-order valence-electron chi connectivity index (χ4n) is 3.60. The number of ether oxygens (including phenoxy) is 2. The van der Waals surface area contributed by atoms with Crippen molar-refractivity contribution in [3.63, 3.8) is 0 Å². The van der Waals surface area contributed by atoms with E-state index in [0.29, 0.717) is 6.61 Å². The largest absolute Gasteiger partial charge is 0.475 e. The molecule has 0 aromatic carbocycles. The van der Waals surface area contributed by atoms with E-state index in [1.165, 1.54) is 17.8 Å². The van der Waals surface area contributed by atoms with Crippen LogP contribution in [0.2, 0.25) is 0 Å². The molecule has 5 nitrogen and oxygen atoms in total. The lowest BCUT2D eigenvalue weighted by Gasteiger charge is -2.50. The van der Waals surface area contributed by atoms with Gasteiger partial charge in [0.1, 0.15) is 0 Å². The highest BCUT2D eigenvalue weighted by molar-refractivity contribution is 5.14. The van der Waals surface area contributed by atoms with Crippen molar-refractivity contribution in [1.82, 2.24) is 14.9 Å². The van der Waals surface area contributed by atoms with Crippen molar-refractivity contribution in [2.24, 2.45) is 5.92 Å². The minimum Gasteiger partial charge on any atom is -0.475 e. The van der Waals surface area contributed by atoms with Crippen molar-refractivity contribution in [3.8, 4) is 5.88 Å². The quantitative estimate of drug-likeness (QED) is 0.842. The molecule has 4 rings (SSSR count). The third-order valence-electron chi connectivity index (χ3n) is 4.86. The van der Waals surface area contributed by atoms with Crippen molar-refractivity contribution >= 4 is 0 Å². The summed E-state index contributed by atoms with van der Waals surface area (Å²) in [5, 5.41) is 0. The molecule has 2 aromatic rings. The summed E-state index contributed by atoms with van der Waals surface area (Å²) in [6.07, 6.45) is 6.16. The number of likely N-dealkylation sites (tertiary alicyclic amines) is 1. The Hall–Kier alpha value is -2.05. The van der Waals surface area contributed by atoms with Crippen LogP contribution in [0.3, 0.4) is 0 Å². The van der Waals surface area contributed by atoms with Crippen molar-refractivity contribution < 1.29 is 13.9 Å².